The zero-order chi connectivity index (χ0) is 17.1. The Kier molecular flexibility index (Phi) is 4.92. The molecule has 1 aliphatic rings. The van der Waals surface area contributed by atoms with Gasteiger partial charge in [-0.15, -0.1) is 0 Å². The van der Waals surface area contributed by atoms with Crippen molar-refractivity contribution < 1.29 is 18.3 Å². The van der Waals surface area contributed by atoms with Crippen molar-refractivity contribution in [3.05, 3.63) is 35.5 Å². The lowest BCUT2D eigenvalue weighted by Gasteiger charge is -2.22. The number of alkyl halides is 2. The SMILES string of the molecule is Cc1cc2cc(C(=O)NC3CCCCC3)cnc2cc1OC(F)F. The number of nitrogens with one attached hydrogen (secondary N) is 1. The Morgan fingerprint density at radius 2 is 2.00 bits per heavy atom. The van der Waals surface area contributed by atoms with Crippen molar-refractivity contribution in [2.24, 2.45) is 0 Å². The number of halogens is 2. The van der Waals surface area contributed by atoms with Crippen molar-refractivity contribution in [3.63, 3.8) is 0 Å². The van der Waals surface area contributed by atoms with E-state index in [1.165, 1.54) is 18.7 Å². The maximum atomic E-state index is 12.4. The van der Waals surface area contributed by atoms with Gasteiger partial charge in [0, 0.05) is 23.7 Å². The standard InChI is InChI=1S/C18H20F2N2O2/c1-11-7-12-8-13(17(23)22-14-5-3-2-4-6-14)10-21-15(12)9-16(11)24-18(19)20/h7-10,14,18H,2-6H2,1H3,(H,22,23). The highest BCUT2D eigenvalue weighted by Gasteiger charge is 2.17. The third-order valence-corrected chi connectivity index (χ3v) is 4.40. The van der Waals surface area contributed by atoms with Crippen LogP contribution in [0, 0.1) is 6.92 Å². The fraction of sp³-hybridized carbons (Fsp3) is 0.444. The van der Waals surface area contributed by atoms with Gasteiger partial charge in [-0.1, -0.05) is 19.3 Å². The minimum Gasteiger partial charge on any atom is -0.434 e. The first-order valence-electron chi connectivity index (χ1n) is 8.19. The fourth-order valence-electron chi connectivity index (χ4n) is 3.13. The van der Waals surface area contributed by atoms with E-state index in [0.29, 0.717) is 16.6 Å². The molecule has 2 aromatic rings. The molecule has 1 N–H and O–H groups in total. The molecule has 0 saturated heterocycles. The number of carbonyl (C=O) groups excluding carboxylic acids is 1. The topological polar surface area (TPSA) is 51.2 Å². The largest absolute Gasteiger partial charge is 0.434 e. The Morgan fingerprint density at radius 3 is 2.71 bits per heavy atom. The van der Waals surface area contributed by atoms with Crippen LogP contribution >= 0.6 is 0 Å². The number of nitrogens with zero attached hydrogens (tertiary/aromatic N) is 1. The molecule has 1 fully saturated rings. The first-order valence-corrected chi connectivity index (χ1v) is 8.19. The highest BCUT2D eigenvalue weighted by atomic mass is 19.3. The molecule has 1 heterocycles. The van der Waals surface area contributed by atoms with Crippen LogP contribution in [0.15, 0.2) is 24.4 Å². The highest BCUT2D eigenvalue weighted by Crippen LogP contribution is 2.26. The van der Waals surface area contributed by atoms with Gasteiger partial charge in [0.15, 0.2) is 0 Å². The van der Waals surface area contributed by atoms with Gasteiger partial charge in [-0.3, -0.25) is 9.78 Å². The molecule has 1 aliphatic carbocycles. The van der Waals surface area contributed by atoms with Crippen molar-refractivity contribution in [3.8, 4) is 5.75 Å². The molecule has 0 atom stereocenters. The lowest BCUT2D eigenvalue weighted by molar-refractivity contribution is -0.0502. The summed E-state index contributed by atoms with van der Waals surface area (Å²) in [7, 11) is 0. The number of ether oxygens (including phenoxy) is 1. The van der Waals surface area contributed by atoms with E-state index >= 15 is 0 Å². The van der Waals surface area contributed by atoms with Crippen molar-refractivity contribution >= 4 is 16.8 Å². The van der Waals surface area contributed by atoms with E-state index in [1.807, 2.05) is 0 Å². The van der Waals surface area contributed by atoms with Gasteiger partial charge in [0.05, 0.1) is 11.1 Å². The molecule has 1 amide bonds. The Hall–Kier alpha value is -2.24. The molecule has 128 valence electrons. The average Bonchev–Trinajstić information content (AvgIpc) is 2.55. The smallest absolute Gasteiger partial charge is 0.387 e. The Morgan fingerprint density at radius 1 is 1.25 bits per heavy atom. The van der Waals surface area contributed by atoms with Crippen molar-refractivity contribution in [1.29, 1.82) is 0 Å². The summed E-state index contributed by atoms with van der Waals surface area (Å²) in [5, 5.41) is 3.78. The minimum absolute atomic E-state index is 0.101. The Bertz CT molecular complexity index is 743. The van der Waals surface area contributed by atoms with Gasteiger partial charge in [-0.05, 0) is 37.5 Å². The summed E-state index contributed by atoms with van der Waals surface area (Å²) in [6, 6.07) is 5.14. The lowest BCUT2D eigenvalue weighted by Crippen LogP contribution is -2.36. The van der Waals surface area contributed by atoms with E-state index < -0.39 is 6.61 Å². The summed E-state index contributed by atoms with van der Waals surface area (Å²) in [5.41, 5.74) is 1.58. The molecular formula is C18H20F2N2O2. The first-order chi connectivity index (χ1) is 11.5. The molecule has 3 rings (SSSR count). The van der Waals surface area contributed by atoms with Crippen molar-refractivity contribution in [1.82, 2.24) is 10.3 Å². The van der Waals surface area contributed by atoms with E-state index in [1.54, 1.807) is 19.1 Å². The van der Waals surface area contributed by atoms with Crippen LogP contribution in [0.4, 0.5) is 8.78 Å². The Balaban J connectivity index is 1.81. The summed E-state index contributed by atoms with van der Waals surface area (Å²) in [6.07, 6.45) is 7.02. The maximum Gasteiger partial charge on any atom is 0.387 e. The molecule has 24 heavy (non-hydrogen) atoms. The predicted molar refractivity (Wildman–Crippen MR) is 87.5 cm³/mol. The fourth-order valence-corrected chi connectivity index (χ4v) is 3.13. The molecule has 0 unspecified atom stereocenters. The van der Waals surface area contributed by atoms with Crippen LogP contribution in [0.5, 0.6) is 5.75 Å². The van der Waals surface area contributed by atoms with Crippen LogP contribution in [-0.4, -0.2) is 23.5 Å². The molecule has 6 heteroatoms. The second-order valence-electron chi connectivity index (χ2n) is 6.22. The van der Waals surface area contributed by atoms with Crippen LogP contribution < -0.4 is 10.1 Å². The quantitative estimate of drug-likeness (QED) is 0.911. The van der Waals surface area contributed by atoms with Gasteiger partial charge in [-0.25, -0.2) is 0 Å². The van der Waals surface area contributed by atoms with E-state index in [-0.39, 0.29) is 17.7 Å². The van der Waals surface area contributed by atoms with Gasteiger partial charge in [0.1, 0.15) is 5.75 Å². The van der Waals surface area contributed by atoms with Gasteiger partial charge < -0.3 is 10.1 Å². The van der Waals surface area contributed by atoms with Crippen LogP contribution in [0.3, 0.4) is 0 Å². The maximum absolute atomic E-state index is 12.4. The summed E-state index contributed by atoms with van der Waals surface area (Å²) in [5.74, 6) is -0.0359. The average molecular weight is 334 g/mol. The number of pyridine rings is 1. The zero-order valence-electron chi connectivity index (χ0n) is 13.5. The number of hydrogen-bond acceptors (Lipinski definition) is 3. The second kappa shape index (κ2) is 7.11. The number of aryl methyl sites for hydroxylation is 1. The van der Waals surface area contributed by atoms with Crippen LogP contribution in [0.1, 0.15) is 48.0 Å². The van der Waals surface area contributed by atoms with Crippen LogP contribution in [0.25, 0.3) is 10.9 Å². The van der Waals surface area contributed by atoms with E-state index in [4.69, 9.17) is 0 Å². The molecular weight excluding hydrogens is 314 g/mol. The number of carbonyl (C=O) groups is 1. The molecule has 4 nitrogen and oxygen atoms in total. The van der Waals surface area contributed by atoms with Crippen molar-refractivity contribution in [2.75, 3.05) is 0 Å². The molecule has 1 aromatic carbocycles. The first kappa shape index (κ1) is 16.6. The molecule has 0 radical (unpaired) electrons. The third kappa shape index (κ3) is 3.80. The van der Waals surface area contributed by atoms with E-state index in [2.05, 4.69) is 15.0 Å². The summed E-state index contributed by atoms with van der Waals surface area (Å²) in [4.78, 5) is 16.6. The lowest BCUT2D eigenvalue weighted by atomic mass is 9.95. The van der Waals surface area contributed by atoms with E-state index in [0.717, 1.165) is 31.1 Å². The number of aromatic nitrogens is 1. The number of fused-ring (bicyclic) bond motifs is 1. The summed E-state index contributed by atoms with van der Waals surface area (Å²) < 4.78 is 29.3. The van der Waals surface area contributed by atoms with Gasteiger partial charge in [0.25, 0.3) is 5.91 Å². The molecule has 0 bridgehead atoms. The summed E-state index contributed by atoms with van der Waals surface area (Å²) in [6.45, 7) is -1.19. The molecule has 1 aromatic heterocycles. The number of rotatable bonds is 4. The monoisotopic (exact) mass is 334 g/mol. The second-order valence-corrected chi connectivity index (χ2v) is 6.22. The van der Waals surface area contributed by atoms with Crippen LogP contribution in [-0.2, 0) is 0 Å². The predicted octanol–water partition coefficient (Wildman–Crippen LogP) is 4.21. The minimum atomic E-state index is -2.87. The molecule has 0 aliphatic heterocycles. The third-order valence-electron chi connectivity index (χ3n) is 4.40. The summed E-state index contributed by atoms with van der Waals surface area (Å²) >= 11 is 0. The number of benzene rings is 1. The highest BCUT2D eigenvalue weighted by molar-refractivity contribution is 5.97. The van der Waals surface area contributed by atoms with Crippen molar-refractivity contribution in [2.45, 2.75) is 51.7 Å². The Labute approximate surface area is 139 Å². The van der Waals surface area contributed by atoms with Crippen LogP contribution in [0.2, 0.25) is 0 Å². The molecule has 0 spiro atoms. The zero-order valence-corrected chi connectivity index (χ0v) is 13.5. The number of hydrogen-bond donors (Lipinski definition) is 1. The van der Waals surface area contributed by atoms with Gasteiger partial charge in [0.2, 0.25) is 0 Å². The normalized spacial score (nSPS) is 15.7. The van der Waals surface area contributed by atoms with E-state index in [9.17, 15) is 13.6 Å². The number of amides is 1. The van der Waals surface area contributed by atoms with Gasteiger partial charge in [-0.2, -0.15) is 8.78 Å². The van der Waals surface area contributed by atoms with Gasteiger partial charge >= 0.3 is 6.61 Å². The molecule has 1 saturated carbocycles.